The van der Waals surface area contributed by atoms with Gasteiger partial charge in [-0.3, -0.25) is 0 Å². The highest BCUT2D eigenvalue weighted by Gasteiger charge is 2.18. The molecule has 0 saturated carbocycles. The van der Waals surface area contributed by atoms with Gasteiger partial charge >= 0.3 is 0 Å². The summed E-state index contributed by atoms with van der Waals surface area (Å²) in [6.07, 6.45) is 4.08. The monoisotopic (exact) mass is 208 g/mol. The van der Waals surface area contributed by atoms with E-state index in [1.54, 1.807) is 0 Å². The van der Waals surface area contributed by atoms with Crippen LogP contribution in [-0.4, -0.2) is 26.8 Å². The molecule has 5 heteroatoms. The fourth-order valence-electron chi connectivity index (χ4n) is 0.965. The SMILES string of the molecule is CCCC[C@@](C)(N)CNS(C)(=O)=O. The molecule has 1 atom stereocenters. The number of nitrogens with two attached hydrogens (primary N) is 1. The fourth-order valence-corrected chi connectivity index (χ4v) is 1.56. The summed E-state index contributed by atoms with van der Waals surface area (Å²) in [5.41, 5.74) is 5.45. The van der Waals surface area contributed by atoms with Crippen molar-refractivity contribution in [2.45, 2.75) is 38.6 Å². The Bertz CT molecular complexity index is 235. The van der Waals surface area contributed by atoms with Gasteiger partial charge in [0.25, 0.3) is 0 Å². The zero-order valence-corrected chi connectivity index (χ0v) is 9.45. The average Bonchev–Trinajstić information content (AvgIpc) is 1.97. The largest absolute Gasteiger partial charge is 0.324 e. The molecule has 0 fully saturated rings. The van der Waals surface area contributed by atoms with E-state index in [1.165, 1.54) is 0 Å². The van der Waals surface area contributed by atoms with Crippen molar-refractivity contribution in [1.82, 2.24) is 4.72 Å². The van der Waals surface area contributed by atoms with Crippen molar-refractivity contribution in [3.8, 4) is 0 Å². The summed E-state index contributed by atoms with van der Waals surface area (Å²) in [5, 5.41) is 0. The molecule has 0 rings (SSSR count). The van der Waals surface area contributed by atoms with Crippen LogP contribution in [0.4, 0.5) is 0 Å². The van der Waals surface area contributed by atoms with Crippen LogP contribution < -0.4 is 10.5 Å². The highest BCUT2D eigenvalue weighted by atomic mass is 32.2. The van der Waals surface area contributed by atoms with Crippen LogP contribution in [0.1, 0.15) is 33.1 Å². The van der Waals surface area contributed by atoms with Crippen LogP contribution in [0.15, 0.2) is 0 Å². The molecule has 0 aromatic heterocycles. The van der Waals surface area contributed by atoms with Crippen LogP contribution in [0.2, 0.25) is 0 Å². The second-order valence-corrected chi connectivity index (χ2v) is 5.68. The van der Waals surface area contributed by atoms with E-state index in [1.807, 2.05) is 6.92 Å². The van der Waals surface area contributed by atoms with Crippen molar-refractivity contribution in [2.75, 3.05) is 12.8 Å². The first kappa shape index (κ1) is 12.9. The Morgan fingerprint density at radius 3 is 2.38 bits per heavy atom. The zero-order valence-electron chi connectivity index (χ0n) is 8.63. The van der Waals surface area contributed by atoms with E-state index < -0.39 is 15.6 Å². The molecular weight excluding hydrogens is 188 g/mol. The molecule has 0 heterocycles. The van der Waals surface area contributed by atoms with Gasteiger partial charge < -0.3 is 5.73 Å². The molecule has 0 aliphatic carbocycles. The molecule has 0 aromatic rings. The zero-order chi connectivity index (χ0) is 10.5. The van der Waals surface area contributed by atoms with Gasteiger partial charge in [0, 0.05) is 12.1 Å². The fraction of sp³-hybridized carbons (Fsp3) is 1.00. The predicted molar refractivity (Wildman–Crippen MR) is 55.0 cm³/mol. The van der Waals surface area contributed by atoms with E-state index in [0.717, 1.165) is 25.5 Å². The minimum atomic E-state index is -3.11. The number of unbranched alkanes of at least 4 members (excludes halogenated alkanes) is 1. The van der Waals surface area contributed by atoms with Gasteiger partial charge in [0.05, 0.1) is 6.26 Å². The lowest BCUT2D eigenvalue weighted by molar-refractivity contribution is 0.411. The molecule has 0 spiro atoms. The summed E-state index contributed by atoms with van der Waals surface area (Å²) < 4.78 is 24.0. The van der Waals surface area contributed by atoms with Gasteiger partial charge in [0.1, 0.15) is 0 Å². The van der Waals surface area contributed by atoms with E-state index in [-0.39, 0.29) is 0 Å². The van der Waals surface area contributed by atoms with Crippen LogP contribution in [0.25, 0.3) is 0 Å². The third-order valence-electron chi connectivity index (χ3n) is 1.84. The summed E-state index contributed by atoms with van der Waals surface area (Å²) in [6.45, 7) is 4.26. The minimum absolute atomic E-state index is 0.311. The lowest BCUT2D eigenvalue weighted by Gasteiger charge is -2.24. The highest BCUT2D eigenvalue weighted by Crippen LogP contribution is 2.09. The van der Waals surface area contributed by atoms with Crippen LogP contribution >= 0.6 is 0 Å². The van der Waals surface area contributed by atoms with Gasteiger partial charge in [-0.2, -0.15) is 0 Å². The van der Waals surface area contributed by atoms with Crippen molar-refractivity contribution in [2.24, 2.45) is 5.73 Å². The molecule has 13 heavy (non-hydrogen) atoms. The molecule has 0 aliphatic heterocycles. The Balaban J connectivity index is 3.89. The first-order valence-electron chi connectivity index (χ1n) is 4.50. The Kier molecular flexibility index (Phi) is 4.88. The first-order chi connectivity index (χ1) is 5.77. The lowest BCUT2D eigenvalue weighted by Crippen LogP contribution is -2.47. The normalized spacial score (nSPS) is 16.9. The number of sulfonamides is 1. The van der Waals surface area contributed by atoms with Crippen molar-refractivity contribution < 1.29 is 8.42 Å². The Hall–Kier alpha value is -0.130. The van der Waals surface area contributed by atoms with E-state index in [0.29, 0.717) is 6.54 Å². The summed E-state index contributed by atoms with van der Waals surface area (Å²) >= 11 is 0. The Morgan fingerprint density at radius 1 is 1.46 bits per heavy atom. The van der Waals surface area contributed by atoms with Crippen molar-refractivity contribution in [1.29, 1.82) is 0 Å². The van der Waals surface area contributed by atoms with Gasteiger partial charge in [-0.1, -0.05) is 19.8 Å². The molecule has 3 N–H and O–H groups in total. The number of rotatable bonds is 6. The second-order valence-electron chi connectivity index (χ2n) is 3.85. The van der Waals surface area contributed by atoms with Gasteiger partial charge in [0.15, 0.2) is 0 Å². The maximum atomic E-state index is 10.8. The first-order valence-corrected chi connectivity index (χ1v) is 6.39. The maximum Gasteiger partial charge on any atom is 0.208 e. The third kappa shape index (κ3) is 8.21. The molecule has 0 amide bonds. The van der Waals surface area contributed by atoms with E-state index in [9.17, 15) is 8.42 Å². The smallest absolute Gasteiger partial charge is 0.208 e. The van der Waals surface area contributed by atoms with Gasteiger partial charge in [-0.25, -0.2) is 13.1 Å². The number of nitrogens with one attached hydrogen (secondary N) is 1. The second kappa shape index (κ2) is 4.93. The van der Waals surface area contributed by atoms with Crippen molar-refractivity contribution in [3.05, 3.63) is 0 Å². The van der Waals surface area contributed by atoms with E-state index in [4.69, 9.17) is 5.73 Å². The molecule has 0 aliphatic rings. The number of hydrogen-bond donors (Lipinski definition) is 2. The molecule has 0 radical (unpaired) electrons. The molecule has 4 nitrogen and oxygen atoms in total. The molecule has 0 bridgehead atoms. The highest BCUT2D eigenvalue weighted by molar-refractivity contribution is 7.88. The Labute approximate surface area is 80.9 Å². The van der Waals surface area contributed by atoms with Gasteiger partial charge in [-0.15, -0.1) is 0 Å². The maximum absolute atomic E-state index is 10.8. The Morgan fingerprint density at radius 2 is 2.00 bits per heavy atom. The predicted octanol–water partition coefficient (Wildman–Crippen LogP) is 0.443. The summed E-state index contributed by atoms with van der Waals surface area (Å²) in [7, 11) is -3.11. The van der Waals surface area contributed by atoms with Crippen LogP contribution in [0.5, 0.6) is 0 Å². The summed E-state index contributed by atoms with van der Waals surface area (Å²) in [6, 6.07) is 0. The number of hydrogen-bond acceptors (Lipinski definition) is 3. The average molecular weight is 208 g/mol. The van der Waals surface area contributed by atoms with Crippen molar-refractivity contribution >= 4 is 10.0 Å². The molecule has 80 valence electrons. The van der Waals surface area contributed by atoms with E-state index >= 15 is 0 Å². The van der Waals surface area contributed by atoms with E-state index in [2.05, 4.69) is 11.6 Å². The molecule has 0 unspecified atom stereocenters. The standard InChI is InChI=1S/C8H20N2O2S/c1-4-5-6-8(2,9)7-10-13(3,11)12/h10H,4-7,9H2,1-3H3/t8-/m1/s1. The quantitative estimate of drug-likeness (QED) is 0.665. The lowest BCUT2D eigenvalue weighted by atomic mass is 9.97. The van der Waals surface area contributed by atoms with Crippen LogP contribution in [-0.2, 0) is 10.0 Å². The molecule has 0 saturated heterocycles. The van der Waals surface area contributed by atoms with Crippen LogP contribution in [0, 0.1) is 0 Å². The van der Waals surface area contributed by atoms with Gasteiger partial charge in [-0.05, 0) is 13.3 Å². The minimum Gasteiger partial charge on any atom is -0.324 e. The van der Waals surface area contributed by atoms with Crippen LogP contribution in [0.3, 0.4) is 0 Å². The summed E-state index contributed by atoms with van der Waals surface area (Å²) in [5.74, 6) is 0. The molecule has 0 aromatic carbocycles. The topological polar surface area (TPSA) is 72.2 Å². The summed E-state index contributed by atoms with van der Waals surface area (Å²) in [4.78, 5) is 0. The van der Waals surface area contributed by atoms with Crippen molar-refractivity contribution in [3.63, 3.8) is 0 Å². The van der Waals surface area contributed by atoms with Gasteiger partial charge in [0.2, 0.25) is 10.0 Å². The third-order valence-corrected chi connectivity index (χ3v) is 2.51. The molecular formula is C8H20N2O2S.